The van der Waals surface area contributed by atoms with Gasteiger partial charge in [-0.1, -0.05) is 30.3 Å². The molecule has 0 unspecified atom stereocenters. The van der Waals surface area contributed by atoms with Crippen molar-refractivity contribution in [2.45, 2.75) is 53.6 Å². The van der Waals surface area contributed by atoms with Crippen LogP contribution in [0.3, 0.4) is 0 Å². The number of aromatic nitrogens is 2. The number of carbonyl (C=O) groups is 2. The number of aryl methyl sites for hydroxylation is 2. The lowest BCUT2D eigenvalue weighted by atomic mass is 9.90. The monoisotopic (exact) mass is 579 g/mol. The number of hydrogen-bond donors (Lipinski definition) is 0. The van der Waals surface area contributed by atoms with Gasteiger partial charge in [0.1, 0.15) is 5.41 Å². The first-order valence-corrected chi connectivity index (χ1v) is 15.1. The first kappa shape index (κ1) is 30.2. The van der Waals surface area contributed by atoms with E-state index in [1.807, 2.05) is 68.7 Å². The van der Waals surface area contributed by atoms with Crippen molar-refractivity contribution in [3.05, 3.63) is 100 Å². The summed E-state index contributed by atoms with van der Waals surface area (Å²) in [6, 6.07) is 19.9. The van der Waals surface area contributed by atoms with Crippen molar-refractivity contribution < 1.29 is 9.59 Å². The predicted molar refractivity (Wildman–Crippen MR) is 172 cm³/mol. The molecule has 5 rings (SSSR count). The van der Waals surface area contributed by atoms with Crippen molar-refractivity contribution in [3.63, 3.8) is 0 Å². The van der Waals surface area contributed by atoms with Gasteiger partial charge in [0.2, 0.25) is 11.8 Å². The Morgan fingerprint density at radius 1 is 0.907 bits per heavy atom. The maximum Gasteiger partial charge on any atom is 0.258 e. The van der Waals surface area contributed by atoms with Gasteiger partial charge in [0.25, 0.3) is 5.56 Å². The normalized spacial score (nSPS) is 14.8. The van der Waals surface area contributed by atoms with Gasteiger partial charge in [0.05, 0.1) is 11.4 Å². The third-order valence-corrected chi connectivity index (χ3v) is 8.62. The molecule has 0 saturated carbocycles. The number of pyridine rings is 2. The second-order valence-electron chi connectivity index (χ2n) is 11.9. The average molecular weight is 580 g/mol. The minimum atomic E-state index is -1.12. The lowest BCUT2D eigenvalue weighted by Crippen LogP contribution is -2.47. The minimum absolute atomic E-state index is 0.0297. The summed E-state index contributed by atoms with van der Waals surface area (Å²) in [5.74, 6) is -0.376. The first-order valence-electron chi connectivity index (χ1n) is 15.1. The van der Waals surface area contributed by atoms with Crippen LogP contribution in [0.4, 0.5) is 11.4 Å². The summed E-state index contributed by atoms with van der Waals surface area (Å²) in [6.07, 6.45) is 5.41. The third-order valence-electron chi connectivity index (χ3n) is 8.62. The number of fused-ring (bicyclic) bond motifs is 2. The molecule has 0 fully saturated rings. The molecule has 0 atom stereocenters. The number of hydrogen-bond acceptors (Lipinski definition) is 5. The van der Waals surface area contributed by atoms with E-state index in [0.717, 1.165) is 65.9 Å². The van der Waals surface area contributed by atoms with Crippen LogP contribution in [0.25, 0.3) is 10.8 Å². The van der Waals surface area contributed by atoms with Crippen LogP contribution in [0.5, 0.6) is 0 Å². The molecular formula is C35H41N5O3. The number of rotatable bonds is 10. The number of benzene rings is 2. The van der Waals surface area contributed by atoms with Crippen LogP contribution >= 0.6 is 0 Å². The predicted octanol–water partition coefficient (Wildman–Crippen LogP) is 5.20. The van der Waals surface area contributed by atoms with E-state index in [1.165, 1.54) is 5.56 Å². The van der Waals surface area contributed by atoms with Gasteiger partial charge in [-0.25, -0.2) is 0 Å². The largest absolute Gasteiger partial charge is 0.314 e. The van der Waals surface area contributed by atoms with E-state index in [1.54, 1.807) is 35.3 Å². The summed E-state index contributed by atoms with van der Waals surface area (Å²) in [4.78, 5) is 49.8. The van der Waals surface area contributed by atoms with Crippen LogP contribution < -0.4 is 15.4 Å². The number of nitrogens with zero attached hydrogens (tertiary/aromatic N) is 5. The summed E-state index contributed by atoms with van der Waals surface area (Å²) in [5, 5.41) is 1.69. The van der Waals surface area contributed by atoms with Gasteiger partial charge < -0.3 is 14.4 Å². The molecule has 0 bridgehead atoms. The van der Waals surface area contributed by atoms with E-state index in [4.69, 9.17) is 0 Å². The molecule has 1 aliphatic heterocycles. The molecule has 2 aromatic carbocycles. The van der Waals surface area contributed by atoms with Crippen LogP contribution in [-0.2, 0) is 29.1 Å². The zero-order chi connectivity index (χ0) is 30.7. The molecule has 0 N–H and O–H groups in total. The van der Waals surface area contributed by atoms with Crippen molar-refractivity contribution >= 4 is 34.0 Å². The molecule has 3 heterocycles. The molecule has 0 radical (unpaired) electrons. The molecule has 8 nitrogen and oxygen atoms in total. The second-order valence-corrected chi connectivity index (χ2v) is 11.9. The molecule has 0 aliphatic carbocycles. The average Bonchev–Trinajstić information content (AvgIpc) is 3.06. The van der Waals surface area contributed by atoms with Gasteiger partial charge in [0, 0.05) is 56.7 Å². The summed E-state index contributed by atoms with van der Waals surface area (Å²) < 4.78 is 1.80. The first-order chi connectivity index (χ1) is 20.6. The smallest absolute Gasteiger partial charge is 0.258 e. The Morgan fingerprint density at radius 3 is 2.47 bits per heavy atom. The van der Waals surface area contributed by atoms with E-state index < -0.39 is 5.41 Å². The van der Waals surface area contributed by atoms with Gasteiger partial charge in [-0.05, 0) is 93.9 Å². The lowest BCUT2D eigenvalue weighted by molar-refractivity contribution is -0.137. The highest BCUT2D eigenvalue weighted by Gasteiger charge is 2.45. The molecule has 0 spiro atoms. The minimum Gasteiger partial charge on any atom is -0.314 e. The van der Waals surface area contributed by atoms with Crippen LogP contribution in [0.15, 0.2) is 77.9 Å². The molecular weight excluding hydrogens is 538 g/mol. The SMILES string of the molecule is CCN1C(=O)C(C)(C)C(=O)N(C)c2cc(CCCN(CCn3ccc4ccccc4c3=O)Cc3cccnc3C)ccc21. The van der Waals surface area contributed by atoms with Crippen LogP contribution in [-0.4, -0.2) is 52.9 Å². The summed E-state index contributed by atoms with van der Waals surface area (Å²) in [5.41, 5.74) is 3.74. The molecule has 2 amide bonds. The molecule has 8 heteroatoms. The number of anilines is 2. The fourth-order valence-electron chi connectivity index (χ4n) is 5.96. The Labute approximate surface area is 253 Å². The standard InChI is InChI=1S/C35H41N5O3/c1-6-40-30-16-15-26(23-31(30)37(5)33(42)35(3,4)34(40)43)11-10-19-38(24-28-13-9-18-36-25(28)2)21-22-39-20-17-27-12-7-8-14-29(27)32(39)41/h7-9,12-18,20,23H,6,10-11,19,21-22,24H2,1-5H3. The fraction of sp³-hybridized carbons (Fsp3) is 0.371. The zero-order valence-corrected chi connectivity index (χ0v) is 25.8. The van der Waals surface area contributed by atoms with Gasteiger partial charge in [-0.2, -0.15) is 0 Å². The van der Waals surface area contributed by atoms with Crippen molar-refractivity contribution in [2.75, 3.05) is 36.5 Å². The quantitative estimate of drug-likeness (QED) is 0.242. The fourth-order valence-corrected chi connectivity index (χ4v) is 5.96. The van der Waals surface area contributed by atoms with Gasteiger partial charge in [-0.15, -0.1) is 0 Å². The van der Waals surface area contributed by atoms with Gasteiger partial charge >= 0.3 is 0 Å². The summed E-state index contributed by atoms with van der Waals surface area (Å²) in [6.45, 7) is 10.7. The highest BCUT2D eigenvalue weighted by molar-refractivity contribution is 6.19. The molecule has 43 heavy (non-hydrogen) atoms. The lowest BCUT2D eigenvalue weighted by Gasteiger charge is -2.27. The number of carbonyl (C=O) groups excluding carboxylic acids is 2. The van der Waals surface area contributed by atoms with Crippen LogP contribution in [0.1, 0.15) is 44.0 Å². The van der Waals surface area contributed by atoms with Crippen molar-refractivity contribution in [1.29, 1.82) is 0 Å². The maximum atomic E-state index is 13.2. The zero-order valence-electron chi connectivity index (χ0n) is 25.8. The Bertz CT molecular complexity index is 1710. The van der Waals surface area contributed by atoms with E-state index in [9.17, 15) is 14.4 Å². The maximum absolute atomic E-state index is 13.2. The van der Waals surface area contributed by atoms with Crippen molar-refractivity contribution in [1.82, 2.24) is 14.5 Å². The van der Waals surface area contributed by atoms with Crippen molar-refractivity contribution in [2.24, 2.45) is 5.41 Å². The molecule has 4 aromatic rings. The van der Waals surface area contributed by atoms with E-state index in [-0.39, 0.29) is 17.4 Å². The number of amides is 2. The van der Waals surface area contributed by atoms with Crippen LogP contribution in [0, 0.1) is 12.3 Å². The Balaban J connectivity index is 1.33. The molecule has 1 aliphatic rings. The van der Waals surface area contributed by atoms with Gasteiger partial charge in [0.15, 0.2) is 0 Å². The van der Waals surface area contributed by atoms with E-state index in [0.29, 0.717) is 13.1 Å². The Morgan fingerprint density at radius 2 is 1.70 bits per heavy atom. The molecule has 0 saturated heterocycles. The van der Waals surface area contributed by atoms with E-state index in [2.05, 4.69) is 28.1 Å². The summed E-state index contributed by atoms with van der Waals surface area (Å²) >= 11 is 0. The summed E-state index contributed by atoms with van der Waals surface area (Å²) in [7, 11) is 1.76. The third kappa shape index (κ3) is 6.11. The Kier molecular flexibility index (Phi) is 8.78. The topological polar surface area (TPSA) is 78.8 Å². The highest BCUT2D eigenvalue weighted by atomic mass is 16.2. The second kappa shape index (κ2) is 12.5. The Hall–Kier alpha value is -4.30. The van der Waals surface area contributed by atoms with Crippen LogP contribution in [0.2, 0.25) is 0 Å². The van der Waals surface area contributed by atoms with Crippen molar-refractivity contribution in [3.8, 4) is 0 Å². The molecule has 2 aromatic heterocycles. The highest BCUT2D eigenvalue weighted by Crippen LogP contribution is 2.38. The van der Waals surface area contributed by atoms with E-state index >= 15 is 0 Å². The molecule has 224 valence electrons. The van der Waals surface area contributed by atoms with Gasteiger partial charge in [-0.3, -0.25) is 24.3 Å².